The number of anilines is 1. The number of hydrogen-bond donors (Lipinski definition) is 1. The summed E-state index contributed by atoms with van der Waals surface area (Å²) in [6.45, 7) is 5.67. The smallest absolute Gasteiger partial charge is 0.201 e. The third kappa shape index (κ3) is 2.19. The number of aromatic nitrogens is 4. The van der Waals surface area contributed by atoms with Crippen molar-refractivity contribution < 1.29 is 0 Å². The van der Waals surface area contributed by atoms with E-state index in [9.17, 15) is 0 Å². The fraction of sp³-hybridized carbons (Fsp3) is 0.286. The van der Waals surface area contributed by atoms with Gasteiger partial charge in [0, 0.05) is 12.7 Å². The first kappa shape index (κ1) is 11.8. The van der Waals surface area contributed by atoms with Gasteiger partial charge in [0.2, 0.25) is 5.95 Å². The molecule has 2 heterocycles. The first-order valence-electron chi connectivity index (χ1n) is 6.35. The molecule has 2 N–H and O–H groups in total. The third-order valence-corrected chi connectivity index (χ3v) is 3.25. The van der Waals surface area contributed by atoms with Crippen LogP contribution in [-0.4, -0.2) is 19.3 Å². The Bertz CT molecular complexity index is 723. The molecule has 0 radical (unpaired) electrons. The second kappa shape index (κ2) is 4.42. The van der Waals surface area contributed by atoms with Gasteiger partial charge >= 0.3 is 0 Å². The minimum absolute atomic E-state index is 0.560. The predicted octanol–water partition coefficient (Wildman–Crippen LogP) is 2.13. The van der Waals surface area contributed by atoms with E-state index in [1.165, 1.54) is 11.1 Å². The van der Waals surface area contributed by atoms with Gasteiger partial charge in [-0.05, 0) is 37.1 Å². The lowest BCUT2D eigenvalue weighted by Crippen LogP contribution is -2.10. The molecule has 0 aliphatic rings. The molecule has 0 saturated heterocycles. The summed E-state index contributed by atoms with van der Waals surface area (Å²) in [5, 5.41) is 4.28. The molecule has 0 unspecified atom stereocenters. The highest BCUT2D eigenvalue weighted by Gasteiger charge is 2.08. The molecule has 3 rings (SSSR count). The summed E-state index contributed by atoms with van der Waals surface area (Å²) in [6, 6.07) is 6.18. The molecule has 0 atom stereocenters. The molecule has 0 spiro atoms. The van der Waals surface area contributed by atoms with Crippen LogP contribution in [-0.2, 0) is 13.1 Å². The van der Waals surface area contributed by atoms with Crippen LogP contribution in [0.5, 0.6) is 0 Å². The van der Waals surface area contributed by atoms with Crippen molar-refractivity contribution in [1.82, 2.24) is 19.3 Å². The van der Waals surface area contributed by atoms with Gasteiger partial charge in [0.15, 0.2) is 0 Å². The number of rotatable bonds is 3. The fourth-order valence-corrected chi connectivity index (χ4v) is 2.28. The Morgan fingerprint density at radius 3 is 2.74 bits per heavy atom. The van der Waals surface area contributed by atoms with Crippen molar-refractivity contribution >= 4 is 17.0 Å². The highest BCUT2D eigenvalue weighted by atomic mass is 15.3. The van der Waals surface area contributed by atoms with E-state index in [4.69, 9.17) is 5.73 Å². The van der Waals surface area contributed by atoms with Crippen LogP contribution in [0.25, 0.3) is 11.0 Å². The highest BCUT2D eigenvalue weighted by Crippen LogP contribution is 2.19. The van der Waals surface area contributed by atoms with Gasteiger partial charge in [-0.2, -0.15) is 5.10 Å². The van der Waals surface area contributed by atoms with Gasteiger partial charge in [0.25, 0.3) is 0 Å². The van der Waals surface area contributed by atoms with Crippen LogP contribution in [0, 0.1) is 13.8 Å². The van der Waals surface area contributed by atoms with E-state index in [1.54, 1.807) is 0 Å². The van der Waals surface area contributed by atoms with Crippen molar-refractivity contribution in [2.75, 3.05) is 5.73 Å². The van der Waals surface area contributed by atoms with Crippen molar-refractivity contribution in [2.45, 2.75) is 26.9 Å². The lowest BCUT2D eigenvalue weighted by molar-refractivity contribution is 0.544. The third-order valence-electron chi connectivity index (χ3n) is 3.25. The molecule has 19 heavy (non-hydrogen) atoms. The summed E-state index contributed by atoms with van der Waals surface area (Å²) >= 11 is 0. The van der Waals surface area contributed by atoms with Crippen LogP contribution >= 0.6 is 0 Å². The van der Waals surface area contributed by atoms with E-state index >= 15 is 0 Å². The molecule has 3 aromatic rings. The van der Waals surface area contributed by atoms with Crippen molar-refractivity contribution in [3.63, 3.8) is 0 Å². The van der Waals surface area contributed by atoms with Gasteiger partial charge in [0.1, 0.15) is 0 Å². The zero-order valence-corrected chi connectivity index (χ0v) is 11.2. The Morgan fingerprint density at radius 2 is 2.00 bits per heavy atom. The van der Waals surface area contributed by atoms with Crippen LogP contribution in [0.3, 0.4) is 0 Å². The molecule has 0 saturated carbocycles. The summed E-state index contributed by atoms with van der Waals surface area (Å²) in [5.41, 5.74) is 10.4. The van der Waals surface area contributed by atoms with Crippen molar-refractivity contribution in [3.05, 3.63) is 41.7 Å². The number of benzene rings is 1. The quantitative estimate of drug-likeness (QED) is 0.780. The summed E-state index contributed by atoms with van der Waals surface area (Å²) in [7, 11) is 0. The maximum atomic E-state index is 5.99. The lowest BCUT2D eigenvalue weighted by Gasteiger charge is -2.07. The molecule has 2 aromatic heterocycles. The Labute approximate surface area is 111 Å². The minimum atomic E-state index is 0.560. The Balaban J connectivity index is 1.91. The summed E-state index contributed by atoms with van der Waals surface area (Å²) in [4.78, 5) is 4.38. The Morgan fingerprint density at radius 1 is 1.16 bits per heavy atom. The molecule has 0 amide bonds. The molecule has 1 aromatic carbocycles. The van der Waals surface area contributed by atoms with Crippen LogP contribution in [0.1, 0.15) is 11.1 Å². The number of imidazole rings is 1. The van der Waals surface area contributed by atoms with Gasteiger partial charge < -0.3 is 10.3 Å². The molecule has 0 bridgehead atoms. The molecule has 98 valence electrons. The summed E-state index contributed by atoms with van der Waals surface area (Å²) < 4.78 is 3.97. The second-order valence-corrected chi connectivity index (χ2v) is 4.89. The first-order chi connectivity index (χ1) is 9.13. The largest absolute Gasteiger partial charge is 0.369 e. The SMILES string of the molecule is Cc1ccc2nc(N)n(CCn3cc(C)cn3)c2c1. The fourth-order valence-electron chi connectivity index (χ4n) is 2.28. The summed E-state index contributed by atoms with van der Waals surface area (Å²) in [6.07, 6.45) is 3.89. The highest BCUT2D eigenvalue weighted by molar-refractivity contribution is 5.79. The monoisotopic (exact) mass is 255 g/mol. The van der Waals surface area contributed by atoms with E-state index in [1.807, 2.05) is 34.6 Å². The topological polar surface area (TPSA) is 61.7 Å². The molecule has 5 heteroatoms. The molecule has 5 nitrogen and oxygen atoms in total. The normalized spacial score (nSPS) is 11.3. The van der Waals surface area contributed by atoms with E-state index in [2.05, 4.69) is 29.1 Å². The van der Waals surface area contributed by atoms with Crippen LogP contribution in [0.15, 0.2) is 30.6 Å². The Hall–Kier alpha value is -2.30. The number of nitrogen functional groups attached to an aromatic ring is 1. The van der Waals surface area contributed by atoms with E-state index in [0.717, 1.165) is 24.1 Å². The number of nitrogens with two attached hydrogens (primary N) is 1. The number of nitrogens with zero attached hydrogens (tertiary/aromatic N) is 4. The van der Waals surface area contributed by atoms with Gasteiger partial charge in [-0.3, -0.25) is 4.68 Å². The minimum Gasteiger partial charge on any atom is -0.369 e. The van der Waals surface area contributed by atoms with Crippen LogP contribution < -0.4 is 5.73 Å². The average molecular weight is 255 g/mol. The second-order valence-electron chi connectivity index (χ2n) is 4.89. The van der Waals surface area contributed by atoms with E-state index < -0.39 is 0 Å². The van der Waals surface area contributed by atoms with Gasteiger partial charge in [-0.25, -0.2) is 4.98 Å². The zero-order chi connectivity index (χ0) is 13.4. The molecule has 0 aliphatic heterocycles. The molecule has 0 aliphatic carbocycles. The van der Waals surface area contributed by atoms with Gasteiger partial charge in [-0.15, -0.1) is 0 Å². The first-order valence-corrected chi connectivity index (χ1v) is 6.35. The lowest BCUT2D eigenvalue weighted by atomic mass is 10.2. The Kier molecular flexibility index (Phi) is 2.74. The predicted molar refractivity (Wildman–Crippen MR) is 75.8 cm³/mol. The average Bonchev–Trinajstić information content (AvgIpc) is 2.90. The van der Waals surface area contributed by atoms with Gasteiger partial charge in [-0.1, -0.05) is 6.07 Å². The maximum Gasteiger partial charge on any atom is 0.201 e. The van der Waals surface area contributed by atoms with Crippen molar-refractivity contribution in [2.24, 2.45) is 0 Å². The molecular formula is C14H17N5. The maximum absolute atomic E-state index is 5.99. The number of hydrogen-bond acceptors (Lipinski definition) is 3. The number of aryl methyl sites for hydroxylation is 4. The van der Waals surface area contributed by atoms with Gasteiger partial charge in [0.05, 0.1) is 23.8 Å². The van der Waals surface area contributed by atoms with Crippen molar-refractivity contribution in [1.29, 1.82) is 0 Å². The van der Waals surface area contributed by atoms with Crippen molar-refractivity contribution in [3.8, 4) is 0 Å². The standard InChI is InChI=1S/C14H17N5/c1-10-3-4-12-13(7-10)19(14(15)17-12)6-5-18-9-11(2)8-16-18/h3-4,7-9H,5-6H2,1-2H3,(H2,15,17). The molecular weight excluding hydrogens is 238 g/mol. The van der Waals surface area contributed by atoms with E-state index in [-0.39, 0.29) is 0 Å². The number of fused-ring (bicyclic) bond motifs is 1. The molecule has 0 fully saturated rings. The summed E-state index contributed by atoms with van der Waals surface area (Å²) in [5.74, 6) is 0.560. The van der Waals surface area contributed by atoms with E-state index in [0.29, 0.717) is 5.95 Å². The zero-order valence-electron chi connectivity index (χ0n) is 11.2. The van der Waals surface area contributed by atoms with Crippen LogP contribution in [0.4, 0.5) is 5.95 Å². The van der Waals surface area contributed by atoms with Crippen LogP contribution in [0.2, 0.25) is 0 Å².